The maximum absolute atomic E-state index is 12.2. The van der Waals surface area contributed by atoms with Crippen molar-refractivity contribution in [3.8, 4) is 34.0 Å². The number of aryl methyl sites for hydroxylation is 3. The number of nitrogen functional groups attached to an aromatic ring is 1. The summed E-state index contributed by atoms with van der Waals surface area (Å²) >= 11 is 14.8. The van der Waals surface area contributed by atoms with Gasteiger partial charge in [0.2, 0.25) is 11.8 Å². The SMILES string of the molecule is C=CC(=O)Nc1cc(N)c(OC)cc1N(C)CCN(C)C.C=CC(=O)Nc1cc(Nc2cn3c(-c4cnn(C)c4)cnc3cn2)c(OC)cc1N(C)CCN(C)C.Clc1cn2c(Br)cnc2cn1.Cn1cc(-c2cnc3cnc(Cl)cn23)cn1.Cn1cc(B2OC(C)(C)C(C)(C)O2)cn1. The van der Waals surface area contributed by atoms with Crippen molar-refractivity contribution < 1.29 is 28.4 Å². The second-order valence-corrected chi connectivity index (χ2v) is 25.8. The number of halogens is 3. The molecule has 0 aliphatic carbocycles. The lowest BCUT2D eigenvalue weighted by atomic mass is 9.82. The minimum Gasteiger partial charge on any atom is -0.495 e. The average molecular weight is 1460 g/mol. The number of anilines is 7. The highest BCUT2D eigenvalue weighted by atomic mass is 79.9. The van der Waals surface area contributed by atoms with Crippen molar-refractivity contribution in [3.63, 3.8) is 0 Å². The van der Waals surface area contributed by atoms with Gasteiger partial charge in [0.05, 0.1) is 127 Å². The van der Waals surface area contributed by atoms with Crippen molar-refractivity contribution in [1.29, 1.82) is 0 Å². The standard InChI is InChI=1S/C25H31N9O2.C15H24N4O2.C10H17BN2O2.C10H8ClN5.C6H3BrClN3/c1-7-25(35)30-18-10-19(22(36-6)11-20(18)32(4)9-8-31(2)3)29-23-16-34-21(13-27-24(34)14-26-23)17-12-28-33(5)15-17;1-6-15(20)17-12-9-11(16)14(21-5)10-13(12)19(4)8-7-18(2)3;1-9(2)10(3,4)15-11(14-9)8-6-12-13(5)7-8;1-15-5-7(2-14-15)8-3-13-10-4-12-9(11)6-16(8)10;7-4-1-10-6-2-9-5(8)3-11(4)6/h7,10-16,29H,1,8-9H2,2-6H3,(H,30,35);6,9-10H,1,7-8,16H2,2-5H3,(H,17,20);6-7H,1-5H3;2-6H,1H3;1-3H. The van der Waals surface area contributed by atoms with Gasteiger partial charge in [-0.1, -0.05) is 36.4 Å². The molecular weight excluding hydrogens is 1370 g/mol. The molecule has 0 spiro atoms. The number of amides is 2. The Morgan fingerprint density at radius 1 is 0.576 bits per heavy atom. The van der Waals surface area contributed by atoms with Gasteiger partial charge in [-0.3, -0.25) is 36.8 Å². The molecule has 1 fully saturated rings. The Kier molecular flexibility index (Phi) is 25.0. The van der Waals surface area contributed by atoms with Crippen molar-refractivity contribution >= 4 is 120 Å². The number of carbonyl (C=O) groups excluding carboxylic acids is 2. The summed E-state index contributed by atoms with van der Waals surface area (Å²) in [6.45, 7) is 18.5. The normalized spacial score (nSPS) is 12.7. The minimum absolute atomic E-state index is 0.276. The molecule has 9 aromatic heterocycles. The lowest BCUT2D eigenvalue weighted by Crippen LogP contribution is -2.41. The summed E-state index contributed by atoms with van der Waals surface area (Å²) in [6.07, 6.45) is 29.1. The first-order valence-corrected chi connectivity index (χ1v) is 32.4. The number of nitrogens with zero attached hydrogens (tertiary/aromatic N) is 19. The van der Waals surface area contributed by atoms with E-state index in [0.29, 0.717) is 56.0 Å². The predicted octanol–water partition coefficient (Wildman–Crippen LogP) is 9.05. The van der Waals surface area contributed by atoms with Crippen molar-refractivity contribution in [1.82, 2.24) is 82.2 Å². The molecule has 0 unspecified atom stereocenters. The van der Waals surface area contributed by atoms with E-state index in [9.17, 15) is 9.59 Å². The predicted molar refractivity (Wildman–Crippen MR) is 395 cm³/mol. The van der Waals surface area contributed by atoms with Gasteiger partial charge in [-0.2, -0.15) is 15.3 Å². The number of rotatable bonds is 19. The molecule has 10 heterocycles. The molecule has 1 aliphatic rings. The van der Waals surface area contributed by atoms with Gasteiger partial charge in [-0.15, -0.1) is 0 Å². The maximum atomic E-state index is 12.2. The maximum Gasteiger partial charge on any atom is 0.498 e. The molecule has 5 N–H and O–H groups in total. The molecule has 12 rings (SSSR count). The quantitative estimate of drug-likeness (QED) is 0.0333. The number of nitrogens with two attached hydrogens (primary N) is 1. The summed E-state index contributed by atoms with van der Waals surface area (Å²) in [4.78, 5) is 57.2. The van der Waals surface area contributed by atoms with Gasteiger partial charge in [0, 0.05) is 127 Å². The summed E-state index contributed by atoms with van der Waals surface area (Å²) in [7, 11) is 20.5. The zero-order valence-electron chi connectivity index (χ0n) is 58.1. The highest BCUT2D eigenvalue weighted by molar-refractivity contribution is 9.10. The molecule has 1 saturated heterocycles. The number of aromatic nitrogens is 15. The first kappa shape index (κ1) is 74.9. The van der Waals surface area contributed by atoms with Crippen LogP contribution in [0.25, 0.3) is 39.5 Å². The first-order chi connectivity index (χ1) is 47.0. The van der Waals surface area contributed by atoms with Crippen LogP contribution in [0.15, 0.2) is 147 Å². The third-order valence-electron chi connectivity index (χ3n) is 15.7. The Labute approximate surface area is 593 Å². The van der Waals surface area contributed by atoms with Gasteiger partial charge in [0.25, 0.3) is 0 Å². The number of hydrogen-bond donors (Lipinski definition) is 4. The van der Waals surface area contributed by atoms with Crippen LogP contribution in [0.5, 0.6) is 11.5 Å². The number of imidazole rings is 3. The molecule has 522 valence electrons. The molecule has 99 heavy (non-hydrogen) atoms. The number of benzene rings is 2. The Hall–Kier alpha value is -9.89. The Morgan fingerprint density at radius 2 is 1.02 bits per heavy atom. The summed E-state index contributed by atoms with van der Waals surface area (Å²) in [5.41, 5.74) is 16.4. The molecule has 2 amide bonds. The molecule has 11 aromatic rings. The summed E-state index contributed by atoms with van der Waals surface area (Å²) < 4.78 is 34.5. The second-order valence-electron chi connectivity index (χ2n) is 24.2. The molecule has 33 heteroatoms. The molecule has 0 saturated carbocycles. The fourth-order valence-electron chi connectivity index (χ4n) is 9.61. The lowest BCUT2D eigenvalue weighted by Gasteiger charge is -2.32. The van der Waals surface area contributed by atoms with E-state index in [1.54, 1.807) is 102 Å². The fourth-order valence-corrected chi connectivity index (χ4v) is 10.3. The Morgan fingerprint density at radius 3 is 1.48 bits per heavy atom. The average Bonchev–Trinajstić information content (AvgIpc) is 1.68. The zero-order chi connectivity index (χ0) is 72.0. The van der Waals surface area contributed by atoms with E-state index in [1.807, 2.05) is 152 Å². The van der Waals surface area contributed by atoms with Crippen LogP contribution >= 0.6 is 39.1 Å². The van der Waals surface area contributed by atoms with Crippen LogP contribution in [0.3, 0.4) is 0 Å². The van der Waals surface area contributed by atoms with E-state index in [-0.39, 0.29) is 30.1 Å². The third kappa shape index (κ3) is 19.3. The van der Waals surface area contributed by atoms with Crippen LogP contribution in [-0.2, 0) is 40.0 Å². The van der Waals surface area contributed by atoms with E-state index in [4.69, 9.17) is 47.7 Å². The van der Waals surface area contributed by atoms with E-state index in [2.05, 4.69) is 105 Å². The fraction of sp³-hybridized carbons (Fsp3) is 0.318. The second kappa shape index (κ2) is 33.1. The number of hydrogen-bond acceptors (Lipinski definition) is 21. The molecule has 0 radical (unpaired) electrons. The summed E-state index contributed by atoms with van der Waals surface area (Å²) in [5.74, 6) is 1.20. The van der Waals surface area contributed by atoms with E-state index >= 15 is 0 Å². The number of carbonyl (C=O) groups is 2. The van der Waals surface area contributed by atoms with Crippen LogP contribution in [0.1, 0.15) is 27.7 Å². The van der Waals surface area contributed by atoms with Crippen molar-refractivity contribution in [2.45, 2.75) is 38.9 Å². The molecule has 2 aromatic carbocycles. The minimum atomic E-state index is -0.302. The molecule has 29 nitrogen and oxygen atoms in total. The van der Waals surface area contributed by atoms with Gasteiger partial charge < -0.3 is 60.1 Å². The van der Waals surface area contributed by atoms with Crippen LogP contribution in [0, 0.1) is 0 Å². The van der Waals surface area contributed by atoms with Crippen molar-refractivity contribution in [2.75, 3.05) is 114 Å². The van der Waals surface area contributed by atoms with E-state index in [0.717, 1.165) is 81.4 Å². The first-order valence-electron chi connectivity index (χ1n) is 30.8. The van der Waals surface area contributed by atoms with Crippen LogP contribution in [0.2, 0.25) is 10.3 Å². The van der Waals surface area contributed by atoms with E-state index in [1.165, 1.54) is 12.2 Å². The molecule has 0 atom stereocenters. The topological polar surface area (TPSA) is 290 Å². The third-order valence-corrected chi connectivity index (χ3v) is 16.7. The summed E-state index contributed by atoms with van der Waals surface area (Å²) in [6, 6.07) is 7.25. The van der Waals surface area contributed by atoms with Crippen LogP contribution < -0.4 is 46.4 Å². The number of fused-ring (bicyclic) bond motifs is 3. The number of nitrogens with one attached hydrogen (secondary N) is 3. The molecular formula is C66H83BBrCl2N23O6. The van der Waals surface area contributed by atoms with Crippen LogP contribution in [0.4, 0.5) is 39.9 Å². The van der Waals surface area contributed by atoms with Gasteiger partial charge in [0.15, 0.2) is 16.9 Å². The van der Waals surface area contributed by atoms with Gasteiger partial charge in [0.1, 0.15) is 32.2 Å². The molecule has 0 bridgehead atoms. The van der Waals surface area contributed by atoms with Gasteiger partial charge in [-0.25, -0.2) is 29.9 Å². The number of methoxy groups -OCH3 is 2. The van der Waals surface area contributed by atoms with Crippen LogP contribution in [-0.4, -0.2) is 195 Å². The van der Waals surface area contributed by atoms with Gasteiger partial charge >= 0.3 is 7.12 Å². The Bertz CT molecular complexity index is 4580. The zero-order valence-corrected chi connectivity index (χ0v) is 61.2. The number of ether oxygens (including phenoxy) is 2. The molecule has 1 aliphatic heterocycles. The highest BCUT2D eigenvalue weighted by Gasteiger charge is 2.52. The highest BCUT2D eigenvalue weighted by Crippen LogP contribution is 2.40. The van der Waals surface area contributed by atoms with Crippen molar-refractivity contribution in [3.05, 3.63) is 157 Å². The lowest BCUT2D eigenvalue weighted by molar-refractivity contribution is -0.112. The monoisotopic (exact) mass is 1450 g/mol. The van der Waals surface area contributed by atoms with Gasteiger partial charge in [-0.05, 0) is 96.1 Å². The smallest absolute Gasteiger partial charge is 0.495 e. The summed E-state index contributed by atoms with van der Waals surface area (Å²) in [5, 5.41) is 22.4. The largest absolute Gasteiger partial charge is 0.498 e. The van der Waals surface area contributed by atoms with E-state index < -0.39 is 0 Å². The number of likely N-dealkylation sites (N-methyl/N-ethyl adjacent to an activating group) is 4. The Balaban J connectivity index is 0.000000169. The van der Waals surface area contributed by atoms with Crippen molar-refractivity contribution in [2.24, 2.45) is 21.1 Å².